The summed E-state index contributed by atoms with van der Waals surface area (Å²) in [6, 6.07) is 15.2. The Bertz CT molecular complexity index is 631. The molecular formula is C15H19NO3S. The van der Waals surface area contributed by atoms with E-state index in [1.165, 1.54) is 11.1 Å². The summed E-state index contributed by atoms with van der Waals surface area (Å²) in [4.78, 5) is 0. The Labute approximate surface area is 120 Å². The quantitative estimate of drug-likeness (QED) is 0.629. The molecule has 20 heavy (non-hydrogen) atoms. The van der Waals surface area contributed by atoms with E-state index < -0.39 is 10.1 Å². The zero-order chi connectivity index (χ0) is 15.2. The predicted molar refractivity (Wildman–Crippen MR) is 77.3 cm³/mol. The molecule has 0 amide bonds. The van der Waals surface area contributed by atoms with Crippen molar-refractivity contribution in [1.82, 2.24) is 0 Å². The second kappa shape index (κ2) is 7.17. The van der Waals surface area contributed by atoms with Gasteiger partial charge < -0.3 is 4.55 Å². The number of rotatable bonds is 2. The largest absolute Gasteiger partial charge is 0.748 e. The van der Waals surface area contributed by atoms with Gasteiger partial charge in [-0.1, -0.05) is 30.3 Å². The van der Waals surface area contributed by atoms with Crippen molar-refractivity contribution < 1.29 is 17.5 Å². The van der Waals surface area contributed by atoms with Crippen molar-refractivity contribution in [2.75, 3.05) is 6.26 Å². The summed E-state index contributed by atoms with van der Waals surface area (Å²) >= 11 is 0. The summed E-state index contributed by atoms with van der Waals surface area (Å²) in [5.74, 6) is 0. The van der Waals surface area contributed by atoms with Gasteiger partial charge in [0.05, 0.1) is 10.1 Å². The van der Waals surface area contributed by atoms with Crippen LogP contribution in [0.3, 0.4) is 0 Å². The van der Waals surface area contributed by atoms with Crippen molar-refractivity contribution in [3.05, 3.63) is 66.0 Å². The molecule has 1 heterocycles. The topological polar surface area (TPSA) is 61.1 Å². The van der Waals surface area contributed by atoms with Gasteiger partial charge in [0.15, 0.2) is 18.4 Å². The summed E-state index contributed by atoms with van der Waals surface area (Å²) in [5, 5.41) is 0. The molecule has 2 rings (SSSR count). The van der Waals surface area contributed by atoms with Crippen LogP contribution in [0.4, 0.5) is 0 Å². The Hall–Kier alpha value is -1.72. The highest BCUT2D eigenvalue weighted by molar-refractivity contribution is 7.84. The van der Waals surface area contributed by atoms with E-state index in [1.54, 1.807) is 0 Å². The van der Waals surface area contributed by atoms with Crippen LogP contribution < -0.4 is 4.57 Å². The van der Waals surface area contributed by atoms with Crippen LogP contribution in [0.1, 0.15) is 24.1 Å². The maximum atomic E-state index is 9.08. The maximum Gasteiger partial charge on any atom is 0.180 e. The minimum atomic E-state index is -3.92. The van der Waals surface area contributed by atoms with Gasteiger partial charge in [-0.3, -0.25) is 0 Å². The molecule has 0 aliphatic rings. The summed E-state index contributed by atoms with van der Waals surface area (Å²) < 4.78 is 29.5. The van der Waals surface area contributed by atoms with Gasteiger partial charge in [-0.25, -0.2) is 8.42 Å². The molecule has 108 valence electrons. The van der Waals surface area contributed by atoms with Crippen LogP contribution in [0.2, 0.25) is 0 Å². The molecule has 4 nitrogen and oxygen atoms in total. The van der Waals surface area contributed by atoms with Crippen LogP contribution in [0.25, 0.3) is 0 Å². The van der Waals surface area contributed by atoms with Crippen LogP contribution in [0.5, 0.6) is 0 Å². The third-order valence-corrected chi connectivity index (χ3v) is 2.70. The molecule has 0 N–H and O–H groups in total. The molecule has 1 aromatic heterocycles. The molecule has 0 aliphatic carbocycles. The van der Waals surface area contributed by atoms with Gasteiger partial charge in [0.25, 0.3) is 0 Å². The van der Waals surface area contributed by atoms with Crippen LogP contribution in [-0.4, -0.2) is 19.2 Å². The minimum Gasteiger partial charge on any atom is -0.748 e. The number of pyridine rings is 1. The fraction of sp³-hybridized carbons (Fsp3) is 0.267. The summed E-state index contributed by atoms with van der Waals surface area (Å²) in [5.41, 5.74) is 2.63. The molecule has 0 unspecified atom stereocenters. The highest BCUT2D eigenvalue weighted by Crippen LogP contribution is 2.10. The number of benzene rings is 1. The first-order chi connectivity index (χ1) is 9.27. The second-order valence-corrected chi connectivity index (χ2v) is 6.03. The number of aromatic nitrogens is 1. The van der Waals surface area contributed by atoms with E-state index in [0.29, 0.717) is 12.3 Å². The van der Waals surface area contributed by atoms with Crippen LogP contribution in [0.15, 0.2) is 54.9 Å². The smallest absolute Gasteiger partial charge is 0.180 e. The number of hydrogen-bond donors (Lipinski definition) is 0. The summed E-state index contributed by atoms with van der Waals surface area (Å²) in [6.45, 7) is 4.34. The van der Waals surface area contributed by atoms with E-state index in [-0.39, 0.29) is 0 Å². The number of nitrogens with zero attached hydrogens (tertiary/aromatic N) is 1. The zero-order valence-corrected chi connectivity index (χ0v) is 12.7. The fourth-order valence-electron chi connectivity index (χ4n) is 1.76. The standard InChI is InChI=1S/C14H16N.CH4O3S/c1-12-7-6-10-15(11-12)13(2)14-8-4-3-5-9-14;1-5(2,3)4/h3-11,13H,1-2H3;1H3,(H,2,3,4)/q+1;/p-1/t13-;/m1./s1. The van der Waals surface area contributed by atoms with Crippen molar-refractivity contribution >= 4 is 10.1 Å². The van der Waals surface area contributed by atoms with E-state index in [4.69, 9.17) is 13.0 Å². The first kappa shape index (κ1) is 16.3. The Balaban J connectivity index is 0.000000347. The molecule has 0 saturated heterocycles. The van der Waals surface area contributed by atoms with E-state index in [0.717, 1.165) is 0 Å². The van der Waals surface area contributed by atoms with Crippen molar-refractivity contribution in [2.24, 2.45) is 0 Å². The van der Waals surface area contributed by atoms with Crippen molar-refractivity contribution in [3.63, 3.8) is 0 Å². The van der Waals surface area contributed by atoms with Crippen molar-refractivity contribution in [1.29, 1.82) is 0 Å². The van der Waals surface area contributed by atoms with Gasteiger partial charge in [-0.05, 0) is 13.0 Å². The molecule has 5 heteroatoms. The lowest BCUT2D eigenvalue weighted by Gasteiger charge is -2.07. The van der Waals surface area contributed by atoms with Gasteiger partial charge in [-0.2, -0.15) is 4.57 Å². The third kappa shape index (κ3) is 6.45. The SMILES string of the molecule is CS(=O)(=O)[O-].Cc1ccc[n+]([C@H](C)c2ccccc2)c1. The molecule has 0 aliphatic heterocycles. The Morgan fingerprint density at radius 1 is 1.10 bits per heavy atom. The summed E-state index contributed by atoms with van der Waals surface area (Å²) in [7, 11) is -3.92. The van der Waals surface area contributed by atoms with Crippen LogP contribution in [-0.2, 0) is 10.1 Å². The number of aryl methyl sites for hydroxylation is 1. The maximum absolute atomic E-state index is 9.08. The molecule has 0 saturated carbocycles. The van der Waals surface area contributed by atoms with E-state index in [2.05, 4.69) is 73.3 Å². The Morgan fingerprint density at radius 3 is 2.15 bits per heavy atom. The second-order valence-electron chi connectivity index (χ2n) is 4.62. The van der Waals surface area contributed by atoms with Gasteiger partial charge in [0, 0.05) is 30.4 Å². The Kier molecular flexibility index (Phi) is 5.85. The molecule has 1 aromatic carbocycles. The van der Waals surface area contributed by atoms with Crippen molar-refractivity contribution in [2.45, 2.75) is 19.9 Å². The van der Waals surface area contributed by atoms with Gasteiger partial charge in [0.2, 0.25) is 0 Å². The van der Waals surface area contributed by atoms with Gasteiger partial charge in [0.1, 0.15) is 0 Å². The molecule has 0 spiro atoms. The lowest BCUT2D eigenvalue weighted by Crippen LogP contribution is -2.37. The molecule has 0 bridgehead atoms. The van der Waals surface area contributed by atoms with Crippen molar-refractivity contribution in [3.8, 4) is 0 Å². The molecular weight excluding hydrogens is 274 g/mol. The third-order valence-electron chi connectivity index (χ3n) is 2.70. The average Bonchev–Trinajstić information content (AvgIpc) is 2.37. The minimum absolute atomic E-state index is 0.395. The molecule has 2 aromatic rings. The molecule has 0 radical (unpaired) electrons. The first-order valence-corrected chi connectivity index (χ1v) is 8.02. The van der Waals surface area contributed by atoms with E-state index in [1.807, 2.05) is 0 Å². The first-order valence-electron chi connectivity index (χ1n) is 6.20. The average molecular weight is 293 g/mol. The normalized spacial score (nSPS) is 12.2. The molecule has 0 fully saturated rings. The lowest BCUT2D eigenvalue weighted by molar-refractivity contribution is -0.710. The lowest BCUT2D eigenvalue weighted by atomic mass is 10.1. The zero-order valence-electron chi connectivity index (χ0n) is 11.9. The highest BCUT2D eigenvalue weighted by atomic mass is 32.2. The van der Waals surface area contributed by atoms with Gasteiger partial charge >= 0.3 is 0 Å². The Morgan fingerprint density at radius 2 is 1.65 bits per heavy atom. The number of hydrogen-bond acceptors (Lipinski definition) is 3. The van der Waals surface area contributed by atoms with E-state index in [9.17, 15) is 0 Å². The summed E-state index contributed by atoms with van der Waals surface area (Å²) in [6.07, 6.45) is 4.90. The highest BCUT2D eigenvalue weighted by Gasteiger charge is 2.13. The van der Waals surface area contributed by atoms with Gasteiger partial charge in [-0.15, -0.1) is 0 Å². The monoisotopic (exact) mass is 293 g/mol. The fourth-order valence-corrected chi connectivity index (χ4v) is 1.76. The van der Waals surface area contributed by atoms with Crippen LogP contribution in [0, 0.1) is 6.92 Å². The van der Waals surface area contributed by atoms with E-state index >= 15 is 0 Å². The predicted octanol–water partition coefficient (Wildman–Crippen LogP) is 2.05. The van der Waals surface area contributed by atoms with Crippen LogP contribution >= 0.6 is 0 Å². The molecule has 1 atom stereocenters.